The quantitative estimate of drug-likeness (QED) is 0.907. The fourth-order valence-electron chi connectivity index (χ4n) is 2.05. The summed E-state index contributed by atoms with van der Waals surface area (Å²) in [6.07, 6.45) is 0.585. The molecule has 1 saturated heterocycles. The van der Waals surface area contributed by atoms with Gasteiger partial charge in [0.25, 0.3) is 0 Å². The number of ether oxygens (including phenoxy) is 1. The first-order chi connectivity index (χ1) is 9.33. The largest absolute Gasteiger partial charge is 0.378 e. The van der Waals surface area contributed by atoms with Gasteiger partial charge in [-0.2, -0.15) is 4.98 Å². The van der Waals surface area contributed by atoms with Gasteiger partial charge >= 0.3 is 0 Å². The van der Waals surface area contributed by atoms with E-state index in [4.69, 9.17) is 9.26 Å². The molecule has 6 heteroatoms. The maximum Gasteiger partial charge on any atom is 0.228 e. The van der Waals surface area contributed by atoms with Crippen molar-refractivity contribution in [2.75, 3.05) is 19.8 Å². The molecule has 19 heavy (non-hydrogen) atoms. The third kappa shape index (κ3) is 2.80. The molecule has 1 aliphatic rings. The van der Waals surface area contributed by atoms with Crippen LogP contribution in [-0.4, -0.2) is 35.9 Å². The molecule has 1 atom stereocenters. The highest BCUT2D eigenvalue weighted by Gasteiger charge is 2.18. The average Bonchev–Trinajstić information content (AvgIpc) is 2.89. The minimum Gasteiger partial charge on any atom is -0.378 e. The van der Waals surface area contributed by atoms with Crippen molar-refractivity contribution >= 4 is 0 Å². The topological polar surface area (TPSA) is 60.2 Å². The van der Waals surface area contributed by atoms with Crippen LogP contribution in [0.5, 0.6) is 0 Å². The monoisotopic (exact) mass is 263 g/mol. The van der Waals surface area contributed by atoms with Crippen LogP contribution in [0.3, 0.4) is 0 Å². The molecule has 0 bridgehead atoms. The Morgan fingerprint density at radius 1 is 1.37 bits per heavy atom. The van der Waals surface area contributed by atoms with E-state index in [1.54, 1.807) is 18.2 Å². The van der Waals surface area contributed by atoms with Gasteiger partial charge in [-0.05, 0) is 12.1 Å². The minimum absolute atomic E-state index is 0.169. The van der Waals surface area contributed by atoms with Crippen molar-refractivity contribution in [3.05, 3.63) is 36.0 Å². The van der Waals surface area contributed by atoms with Crippen LogP contribution < -0.4 is 5.32 Å². The number of morpholine rings is 1. The number of rotatable bonds is 3. The molecule has 2 heterocycles. The first-order valence-electron chi connectivity index (χ1n) is 6.21. The fourth-order valence-corrected chi connectivity index (χ4v) is 2.05. The number of aromatic nitrogens is 2. The lowest BCUT2D eigenvalue weighted by atomic mass is 10.2. The Labute approximate surface area is 109 Å². The van der Waals surface area contributed by atoms with Gasteiger partial charge in [-0.1, -0.05) is 17.3 Å². The molecule has 1 aromatic carbocycles. The minimum atomic E-state index is -0.353. The number of hydrogen-bond donors (Lipinski definition) is 1. The van der Waals surface area contributed by atoms with E-state index >= 15 is 0 Å². The molecule has 1 fully saturated rings. The van der Waals surface area contributed by atoms with Crippen LogP contribution in [0, 0.1) is 5.82 Å². The fraction of sp³-hybridized carbons (Fsp3) is 0.385. The van der Waals surface area contributed by atoms with E-state index in [1.807, 2.05) is 0 Å². The Morgan fingerprint density at radius 3 is 3.05 bits per heavy atom. The van der Waals surface area contributed by atoms with Crippen LogP contribution in [0.15, 0.2) is 28.8 Å². The molecule has 5 nitrogen and oxygen atoms in total. The Kier molecular flexibility index (Phi) is 3.52. The molecule has 1 aliphatic heterocycles. The molecule has 0 aliphatic carbocycles. The summed E-state index contributed by atoms with van der Waals surface area (Å²) in [6.45, 7) is 2.16. The summed E-state index contributed by atoms with van der Waals surface area (Å²) in [5.74, 6) is 0.417. The van der Waals surface area contributed by atoms with Crippen molar-refractivity contribution in [1.29, 1.82) is 0 Å². The second kappa shape index (κ2) is 5.46. The van der Waals surface area contributed by atoms with E-state index in [9.17, 15) is 4.39 Å². The van der Waals surface area contributed by atoms with E-state index in [-0.39, 0.29) is 17.7 Å². The van der Waals surface area contributed by atoms with Gasteiger partial charge in [-0.15, -0.1) is 0 Å². The van der Waals surface area contributed by atoms with Gasteiger partial charge in [0.15, 0.2) is 0 Å². The van der Waals surface area contributed by atoms with Crippen molar-refractivity contribution in [2.24, 2.45) is 0 Å². The average molecular weight is 263 g/mol. The van der Waals surface area contributed by atoms with Gasteiger partial charge in [-0.3, -0.25) is 0 Å². The van der Waals surface area contributed by atoms with Gasteiger partial charge < -0.3 is 14.6 Å². The molecule has 1 N–H and O–H groups in total. The molecule has 1 unspecified atom stereocenters. The molecule has 0 amide bonds. The van der Waals surface area contributed by atoms with E-state index in [1.165, 1.54) is 6.07 Å². The standard InChI is InChI=1S/C13H14FN3O2/c14-11-4-2-1-3-10(11)13-16-12(19-17-13)7-9-8-18-6-5-15-9/h1-4,9,15H,5-8H2. The number of benzene rings is 1. The first-order valence-corrected chi connectivity index (χ1v) is 6.21. The normalized spacial score (nSPS) is 19.5. The maximum absolute atomic E-state index is 13.6. The predicted octanol–water partition coefficient (Wildman–Crippen LogP) is 1.41. The van der Waals surface area contributed by atoms with Crippen molar-refractivity contribution in [1.82, 2.24) is 15.5 Å². The zero-order valence-electron chi connectivity index (χ0n) is 10.3. The molecule has 1 aromatic heterocycles. The van der Waals surface area contributed by atoms with Gasteiger partial charge in [0.1, 0.15) is 5.82 Å². The lowest BCUT2D eigenvalue weighted by Gasteiger charge is -2.22. The van der Waals surface area contributed by atoms with Crippen LogP contribution in [0.4, 0.5) is 4.39 Å². The summed E-state index contributed by atoms with van der Waals surface area (Å²) >= 11 is 0. The molecule has 0 spiro atoms. The van der Waals surface area contributed by atoms with Crippen LogP contribution in [0.2, 0.25) is 0 Å². The lowest BCUT2D eigenvalue weighted by molar-refractivity contribution is 0.0744. The van der Waals surface area contributed by atoms with Gasteiger partial charge in [0.2, 0.25) is 11.7 Å². The number of nitrogens with zero attached hydrogens (tertiary/aromatic N) is 2. The van der Waals surface area contributed by atoms with Crippen molar-refractivity contribution in [3.8, 4) is 11.4 Å². The molecular formula is C13H14FN3O2. The van der Waals surface area contributed by atoms with Crippen LogP contribution >= 0.6 is 0 Å². The predicted molar refractivity (Wildman–Crippen MR) is 66.0 cm³/mol. The van der Waals surface area contributed by atoms with Crippen molar-refractivity contribution in [3.63, 3.8) is 0 Å². The van der Waals surface area contributed by atoms with Crippen molar-refractivity contribution < 1.29 is 13.7 Å². The molecule has 2 aromatic rings. The van der Waals surface area contributed by atoms with Crippen molar-refractivity contribution in [2.45, 2.75) is 12.5 Å². The van der Waals surface area contributed by atoms with Gasteiger partial charge in [0.05, 0.1) is 18.8 Å². The molecule has 0 saturated carbocycles. The number of halogens is 1. The molecule has 0 radical (unpaired) electrons. The van der Waals surface area contributed by atoms with Gasteiger partial charge in [0, 0.05) is 19.0 Å². The highest BCUT2D eigenvalue weighted by Crippen LogP contribution is 2.19. The second-order valence-corrected chi connectivity index (χ2v) is 4.42. The smallest absolute Gasteiger partial charge is 0.228 e. The summed E-state index contributed by atoms with van der Waals surface area (Å²) in [7, 11) is 0. The van der Waals surface area contributed by atoms with Crippen LogP contribution in [-0.2, 0) is 11.2 Å². The summed E-state index contributed by atoms with van der Waals surface area (Å²) in [5.41, 5.74) is 0.352. The second-order valence-electron chi connectivity index (χ2n) is 4.42. The van der Waals surface area contributed by atoms with Gasteiger partial charge in [-0.25, -0.2) is 4.39 Å². The summed E-state index contributed by atoms with van der Waals surface area (Å²) < 4.78 is 24.1. The Morgan fingerprint density at radius 2 is 2.26 bits per heavy atom. The third-order valence-corrected chi connectivity index (χ3v) is 3.00. The zero-order chi connectivity index (χ0) is 13.1. The molecular weight excluding hydrogens is 249 g/mol. The Balaban J connectivity index is 1.74. The lowest BCUT2D eigenvalue weighted by Crippen LogP contribution is -2.42. The molecule has 3 rings (SSSR count). The number of hydrogen-bond acceptors (Lipinski definition) is 5. The van der Waals surface area contributed by atoms with E-state index in [0.717, 1.165) is 13.2 Å². The first kappa shape index (κ1) is 12.3. The van der Waals surface area contributed by atoms with E-state index in [2.05, 4.69) is 15.5 Å². The van der Waals surface area contributed by atoms with Crippen LogP contribution in [0.25, 0.3) is 11.4 Å². The van der Waals surface area contributed by atoms with E-state index < -0.39 is 0 Å². The summed E-state index contributed by atoms with van der Waals surface area (Å²) in [4.78, 5) is 4.22. The highest BCUT2D eigenvalue weighted by atomic mass is 19.1. The SMILES string of the molecule is Fc1ccccc1-c1noc(CC2COCCN2)n1. The Hall–Kier alpha value is -1.79. The Bertz CT molecular complexity index is 552. The highest BCUT2D eigenvalue weighted by molar-refractivity contribution is 5.54. The molecule has 100 valence electrons. The van der Waals surface area contributed by atoms with E-state index in [0.29, 0.717) is 24.5 Å². The van der Waals surface area contributed by atoms with Crippen LogP contribution in [0.1, 0.15) is 5.89 Å². The number of nitrogens with one attached hydrogen (secondary N) is 1. The zero-order valence-corrected chi connectivity index (χ0v) is 10.3. The summed E-state index contributed by atoms with van der Waals surface area (Å²) in [6, 6.07) is 6.55. The maximum atomic E-state index is 13.6. The summed E-state index contributed by atoms with van der Waals surface area (Å²) in [5, 5.41) is 7.12. The third-order valence-electron chi connectivity index (χ3n) is 3.00.